The van der Waals surface area contributed by atoms with Crippen molar-refractivity contribution in [1.29, 1.82) is 0 Å². The van der Waals surface area contributed by atoms with Crippen LogP contribution in [0.2, 0.25) is 0 Å². The van der Waals surface area contributed by atoms with E-state index in [4.69, 9.17) is 11.6 Å². The molecule has 0 amide bonds. The van der Waals surface area contributed by atoms with Crippen LogP contribution in [0.15, 0.2) is 0 Å². The summed E-state index contributed by atoms with van der Waals surface area (Å²) in [5, 5.41) is 0. The number of rotatable bonds is 4. The molecular weight excluding hydrogens is 180 g/mol. The number of hydrogen-bond acceptors (Lipinski definition) is 3. The summed E-state index contributed by atoms with van der Waals surface area (Å²) in [4.78, 5) is 19.1. The van der Waals surface area contributed by atoms with Crippen molar-refractivity contribution in [3.8, 4) is 0 Å². The number of halogens is 1. The lowest BCUT2D eigenvalue weighted by Crippen LogP contribution is -1.76. The molecule has 1 saturated heterocycles. The summed E-state index contributed by atoms with van der Waals surface area (Å²) < 4.78 is 4.68. The van der Waals surface area contributed by atoms with Crippen LogP contribution in [0.5, 0.6) is 0 Å². The SMILES string of the molecule is CC1OC1Cl.O=CCCCC=O. The number of carbonyl (C=O) groups excluding carboxylic acids is 2. The number of alkyl halides is 1. The Morgan fingerprint density at radius 2 is 1.67 bits per heavy atom. The fraction of sp³-hybridized carbons (Fsp3) is 0.750. The van der Waals surface area contributed by atoms with E-state index in [1.165, 1.54) is 0 Å². The lowest BCUT2D eigenvalue weighted by atomic mass is 10.3. The minimum atomic E-state index is 0.0231. The van der Waals surface area contributed by atoms with Crippen molar-refractivity contribution in [2.75, 3.05) is 0 Å². The topological polar surface area (TPSA) is 46.7 Å². The van der Waals surface area contributed by atoms with Crippen LogP contribution in [0.25, 0.3) is 0 Å². The Balaban J connectivity index is 0.000000211. The molecule has 2 unspecified atom stereocenters. The third-order valence-corrected chi connectivity index (χ3v) is 1.74. The maximum atomic E-state index is 9.56. The number of unbranched alkanes of at least 4 members (excludes halogenated alkanes) is 2. The molecule has 1 rings (SSSR count). The smallest absolute Gasteiger partial charge is 0.157 e. The zero-order chi connectivity index (χ0) is 9.40. The van der Waals surface area contributed by atoms with E-state index >= 15 is 0 Å². The molecule has 1 aliphatic rings. The molecule has 0 aromatic rings. The van der Waals surface area contributed by atoms with Crippen molar-refractivity contribution in [3.63, 3.8) is 0 Å². The second-order valence-electron chi connectivity index (χ2n) is 2.46. The van der Waals surface area contributed by atoms with Gasteiger partial charge in [-0.25, -0.2) is 0 Å². The van der Waals surface area contributed by atoms with Gasteiger partial charge >= 0.3 is 0 Å². The molecule has 70 valence electrons. The van der Waals surface area contributed by atoms with Crippen molar-refractivity contribution < 1.29 is 14.3 Å². The van der Waals surface area contributed by atoms with Gasteiger partial charge in [0, 0.05) is 12.8 Å². The maximum Gasteiger partial charge on any atom is 0.157 e. The largest absolute Gasteiger partial charge is 0.353 e. The molecule has 0 aromatic carbocycles. The number of epoxide rings is 1. The first kappa shape index (κ1) is 11.6. The highest BCUT2D eigenvalue weighted by Gasteiger charge is 2.30. The highest BCUT2D eigenvalue weighted by Crippen LogP contribution is 2.23. The second-order valence-corrected chi connectivity index (χ2v) is 2.89. The van der Waals surface area contributed by atoms with Gasteiger partial charge < -0.3 is 14.3 Å². The van der Waals surface area contributed by atoms with Gasteiger partial charge in [-0.3, -0.25) is 0 Å². The maximum absolute atomic E-state index is 9.56. The average Bonchev–Trinajstić information content (AvgIpc) is 2.67. The molecule has 0 radical (unpaired) electrons. The van der Waals surface area contributed by atoms with Crippen LogP contribution in [0.4, 0.5) is 0 Å². The number of aldehydes is 2. The van der Waals surface area contributed by atoms with Gasteiger partial charge in [-0.1, -0.05) is 11.6 Å². The third kappa shape index (κ3) is 7.69. The van der Waals surface area contributed by atoms with Gasteiger partial charge in [-0.2, -0.15) is 0 Å². The van der Waals surface area contributed by atoms with E-state index in [9.17, 15) is 9.59 Å². The number of hydrogen-bond donors (Lipinski definition) is 0. The molecule has 12 heavy (non-hydrogen) atoms. The van der Waals surface area contributed by atoms with Gasteiger partial charge in [0.05, 0.1) is 6.10 Å². The van der Waals surface area contributed by atoms with Crippen molar-refractivity contribution in [3.05, 3.63) is 0 Å². The van der Waals surface area contributed by atoms with Gasteiger partial charge in [0.25, 0.3) is 0 Å². The van der Waals surface area contributed by atoms with E-state index in [0.29, 0.717) is 25.4 Å². The van der Waals surface area contributed by atoms with Crippen LogP contribution in [-0.2, 0) is 14.3 Å². The Labute approximate surface area is 77.0 Å². The van der Waals surface area contributed by atoms with Crippen LogP contribution in [0.1, 0.15) is 26.2 Å². The fourth-order valence-electron chi connectivity index (χ4n) is 0.444. The summed E-state index contributed by atoms with van der Waals surface area (Å²) >= 11 is 5.31. The van der Waals surface area contributed by atoms with E-state index < -0.39 is 0 Å². The van der Waals surface area contributed by atoms with Crippen molar-refractivity contribution in [2.24, 2.45) is 0 Å². The Morgan fingerprint density at radius 1 is 1.33 bits per heavy atom. The third-order valence-electron chi connectivity index (χ3n) is 1.28. The molecule has 1 fully saturated rings. The predicted molar refractivity (Wildman–Crippen MR) is 46.2 cm³/mol. The van der Waals surface area contributed by atoms with Crippen LogP contribution >= 0.6 is 11.6 Å². The van der Waals surface area contributed by atoms with Gasteiger partial charge in [0.2, 0.25) is 0 Å². The Bertz CT molecular complexity index is 124. The van der Waals surface area contributed by atoms with E-state index in [1.54, 1.807) is 0 Å². The lowest BCUT2D eigenvalue weighted by molar-refractivity contribution is -0.108. The lowest BCUT2D eigenvalue weighted by Gasteiger charge is -1.78. The number of carbonyl (C=O) groups is 2. The van der Waals surface area contributed by atoms with E-state index in [1.807, 2.05) is 6.92 Å². The molecule has 1 aliphatic heterocycles. The second kappa shape index (κ2) is 7.25. The highest BCUT2D eigenvalue weighted by molar-refractivity contribution is 6.21. The summed E-state index contributed by atoms with van der Waals surface area (Å²) in [5.41, 5.74) is 0.0231. The first-order valence-electron chi connectivity index (χ1n) is 3.89. The van der Waals surface area contributed by atoms with Gasteiger partial charge in [0.15, 0.2) is 5.56 Å². The standard InChI is InChI=1S/C5H8O2.C3H5ClO/c6-4-2-1-3-5-7;1-2-3(4)5-2/h4-5H,1-3H2;2-3H,1H3. The molecule has 0 bridgehead atoms. The summed E-state index contributed by atoms with van der Waals surface area (Å²) in [6, 6.07) is 0. The van der Waals surface area contributed by atoms with Crippen molar-refractivity contribution in [1.82, 2.24) is 0 Å². The predicted octanol–water partition coefficient (Wildman–Crippen LogP) is 1.52. The van der Waals surface area contributed by atoms with Crippen LogP contribution in [0.3, 0.4) is 0 Å². The molecule has 4 heteroatoms. The monoisotopic (exact) mass is 192 g/mol. The molecule has 0 aromatic heterocycles. The highest BCUT2D eigenvalue weighted by atomic mass is 35.5. The average molecular weight is 193 g/mol. The van der Waals surface area contributed by atoms with Crippen LogP contribution in [-0.4, -0.2) is 24.2 Å². The van der Waals surface area contributed by atoms with E-state index in [-0.39, 0.29) is 5.56 Å². The van der Waals surface area contributed by atoms with Crippen molar-refractivity contribution >= 4 is 24.2 Å². The van der Waals surface area contributed by atoms with Gasteiger partial charge in [-0.15, -0.1) is 0 Å². The molecule has 0 N–H and O–H groups in total. The summed E-state index contributed by atoms with van der Waals surface area (Å²) in [5.74, 6) is 0. The molecule has 0 aliphatic carbocycles. The Kier molecular flexibility index (Phi) is 7.00. The van der Waals surface area contributed by atoms with E-state index in [2.05, 4.69) is 4.74 Å². The van der Waals surface area contributed by atoms with Crippen LogP contribution < -0.4 is 0 Å². The normalized spacial score (nSPS) is 25.2. The quantitative estimate of drug-likeness (QED) is 0.294. The summed E-state index contributed by atoms with van der Waals surface area (Å²) in [6.45, 7) is 1.94. The molecule has 3 nitrogen and oxygen atoms in total. The zero-order valence-corrected chi connectivity index (χ0v) is 7.79. The van der Waals surface area contributed by atoms with Crippen molar-refractivity contribution in [2.45, 2.75) is 37.9 Å². The minimum absolute atomic E-state index is 0.0231. The zero-order valence-electron chi connectivity index (χ0n) is 7.03. The molecular formula is C8H13ClO3. The summed E-state index contributed by atoms with van der Waals surface area (Å²) in [6.07, 6.45) is 3.69. The van der Waals surface area contributed by atoms with Gasteiger partial charge in [0.1, 0.15) is 12.6 Å². The Morgan fingerprint density at radius 3 is 1.83 bits per heavy atom. The summed E-state index contributed by atoms with van der Waals surface area (Å²) in [7, 11) is 0. The van der Waals surface area contributed by atoms with Crippen LogP contribution in [0, 0.1) is 0 Å². The van der Waals surface area contributed by atoms with E-state index in [0.717, 1.165) is 12.6 Å². The first-order chi connectivity index (χ1) is 5.72. The fourth-order valence-corrected chi connectivity index (χ4v) is 0.606. The minimum Gasteiger partial charge on any atom is -0.353 e. The van der Waals surface area contributed by atoms with Gasteiger partial charge in [-0.05, 0) is 13.3 Å². The molecule has 0 saturated carbocycles. The number of ether oxygens (including phenoxy) is 1. The molecule has 2 atom stereocenters. The molecule has 1 heterocycles. The molecule has 0 spiro atoms. The Hall–Kier alpha value is -0.410. The first-order valence-corrected chi connectivity index (χ1v) is 4.32.